The summed E-state index contributed by atoms with van der Waals surface area (Å²) in [7, 11) is 0. The summed E-state index contributed by atoms with van der Waals surface area (Å²) < 4.78 is 9.98. The van der Waals surface area contributed by atoms with Crippen molar-refractivity contribution in [2.45, 2.75) is 13.3 Å². The maximum atomic E-state index is 11.5. The van der Waals surface area contributed by atoms with E-state index >= 15 is 0 Å². The fourth-order valence-corrected chi connectivity index (χ4v) is 2.09. The van der Waals surface area contributed by atoms with Gasteiger partial charge in [-0.2, -0.15) is 0 Å². The standard InChI is InChI=1S/C12H14N2O3S/c1-9-7-12(14-17-9)16-8-11(15)13-5-4-10-3-2-6-18-10/h2-3,6-7H,4-5,8H2,1H3,(H,13,15). The smallest absolute Gasteiger partial charge is 0.258 e. The molecule has 0 bridgehead atoms. The fourth-order valence-electron chi connectivity index (χ4n) is 1.38. The van der Waals surface area contributed by atoms with E-state index in [1.807, 2.05) is 17.5 Å². The Morgan fingerprint density at radius 2 is 2.50 bits per heavy atom. The van der Waals surface area contributed by atoms with Gasteiger partial charge in [-0.15, -0.1) is 11.3 Å². The second-order valence-electron chi connectivity index (χ2n) is 3.74. The van der Waals surface area contributed by atoms with Crippen molar-refractivity contribution in [1.82, 2.24) is 10.5 Å². The molecule has 0 radical (unpaired) electrons. The number of nitrogens with zero attached hydrogens (tertiary/aromatic N) is 1. The number of hydrogen-bond acceptors (Lipinski definition) is 5. The topological polar surface area (TPSA) is 64.4 Å². The van der Waals surface area contributed by atoms with Crippen molar-refractivity contribution >= 4 is 17.2 Å². The number of carbonyl (C=O) groups is 1. The highest BCUT2D eigenvalue weighted by Gasteiger charge is 2.05. The lowest BCUT2D eigenvalue weighted by molar-refractivity contribution is -0.123. The van der Waals surface area contributed by atoms with E-state index in [0.717, 1.165) is 6.42 Å². The molecule has 0 aliphatic carbocycles. The molecule has 0 atom stereocenters. The van der Waals surface area contributed by atoms with Crippen LogP contribution in [0.1, 0.15) is 10.6 Å². The molecule has 0 fully saturated rings. The van der Waals surface area contributed by atoms with Gasteiger partial charge >= 0.3 is 0 Å². The van der Waals surface area contributed by atoms with Crippen molar-refractivity contribution in [2.75, 3.05) is 13.2 Å². The van der Waals surface area contributed by atoms with Crippen molar-refractivity contribution in [3.8, 4) is 5.88 Å². The molecular weight excluding hydrogens is 252 g/mol. The van der Waals surface area contributed by atoms with Gasteiger partial charge in [0.05, 0.1) is 0 Å². The molecule has 1 N–H and O–H groups in total. The third kappa shape index (κ3) is 3.89. The molecule has 2 heterocycles. The van der Waals surface area contributed by atoms with Crippen LogP contribution in [0.4, 0.5) is 0 Å². The Kier molecular flexibility index (Phi) is 4.35. The van der Waals surface area contributed by atoms with Gasteiger partial charge in [0.15, 0.2) is 6.61 Å². The Morgan fingerprint density at radius 1 is 1.61 bits per heavy atom. The van der Waals surface area contributed by atoms with Crippen molar-refractivity contribution in [3.05, 3.63) is 34.2 Å². The van der Waals surface area contributed by atoms with E-state index in [9.17, 15) is 4.79 Å². The number of nitrogens with one attached hydrogen (secondary N) is 1. The fraction of sp³-hybridized carbons (Fsp3) is 0.333. The minimum Gasteiger partial charge on any atom is -0.465 e. The zero-order chi connectivity index (χ0) is 12.8. The Labute approximate surface area is 109 Å². The highest BCUT2D eigenvalue weighted by Crippen LogP contribution is 2.09. The molecule has 0 aliphatic rings. The predicted molar refractivity (Wildman–Crippen MR) is 67.8 cm³/mol. The van der Waals surface area contributed by atoms with Crippen LogP contribution in [0.2, 0.25) is 0 Å². The van der Waals surface area contributed by atoms with Gasteiger partial charge in [-0.05, 0) is 29.9 Å². The predicted octanol–water partition coefficient (Wildman–Crippen LogP) is 1.78. The van der Waals surface area contributed by atoms with Gasteiger partial charge in [0.1, 0.15) is 5.76 Å². The molecule has 0 saturated carbocycles. The van der Waals surface area contributed by atoms with Gasteiger partial charge in [-0.25, -0.2) is 0 Å². The summed E-state index contributed by atoms with van der Waals surface area (Å²) >= 11 is 1.68. The zero-order valence-corrected chi connectivity index (χ0v) is 10.8. The summed E-state index contributed by atoms with van der Waals surface area (Å²) in [6.45, 7) is 2.33. The Balaban J connectivity index is 1.63. The first-order chi connectivity index (χ1) is 8.74. The summed E-state index contributed by atoms with van der Waals surface area (Å²) in [6, 6.07) is 5.68. The average molecular weight is 266 g/mol. The van der Waals surface area contributed by atoms with E-state index in [2.05, 4.69) is 10.5 Å². The summed E-state index contributed by atoms with van der Waals surface area (Å²) in [5, 5.41) is 8.44. The summed E-state index contributed by atoms with van der Waals surface area (Å²) in [6.07, 6.45) is 0.840. The number of thiophene rings is 1. The highest BCUT2D eigenvalue weighted by atomic mass is 32.1. The van der Waals surface area contributed by atoms with Crippen LogP contribution in [0.3, 0.4) is 0 Å². The molecule has 0 aromatic carbocycles. The molecule has 96 valence electrons. The number of aromatic nitrogens is 1. The summed E-state index contributed by atoms with van der Waals surface area (Å²) in [5.74, 6) is 0.830. The zero-order valence-electron chi connectivity index (χ0n) is 10.0. The van der Waals surface area contributed by atoms with E-state index in [1.165, 1.54) is 4.88 Å². The normalized spacial score (nSPS) is 10.3. The van der Waals surface area contributed by atoms with Crippen LogP contribution >= 0.6 is 11.3 Å². The molecular formula is C12H14N2O3S. The Bertz CT molecular complexity index is 493. The van der Waals surface area contributed by atoms with E-state index in [1.54, 1.807) is 24.3 Å². The average Bonchev–Trinajstić information content (AvgIpc) is 2.98. The summed E-state index contributed by atoms with van der Waals surface area (Å²) in [5.41, 5.74) is 0. The third-order valence-corrected chi connectivity index (χ3v) is 3.17. The SMILES string of the molecule is Cc1cc(OCC(=O)NCCc2cccs2)no1. The van der Waals surface area contributed by atoms with E-state index in [4.69, 9.17) is 9.26 Å². The van der Waals surface area contributed by atoms with E-state index < -0.39 is 0 Å². The number of amides is 1. The maximum absolute atomic E-state index is 11.5. The van der Waals surface area contributed by atoms with Crippen LogP contribution in [0, 0.1) is 6.92 Å². The van der Waals surface area contributed by atoms with Crippen LogP contribution in [0.15, 0.2) is 28.1 Å². The highest BCUT2D eigenvalue weighted by molar-refractivity contribution is 7.09. The molecule has 5 nitrogen and oxygen atoms in total. The maximum Gasteiger partial charge on any atom is 0.258 e. The number of aryl methyl sites for hydroxylation is 1. The van der Waals surface area contributed by atoms with Gasteiger partial charge in [0, 0.05) is 17.5 Å². The van der Waals surface area contributed by atoms with E-state index in [0.29, 0.717) is 18.2 Å². The van der Waals surface area contributed by atoms with Crippen molar-refractivity contribution in [3.63, 3.8) is 0 Å². The molecule has 2 aromatic heterocycles. The Hall–Kier alpha value is -1.82. The van der Waals surface area contributed by atoms with Gasteiger partial charge < -0.3 is 14.6 Å². The largest absolute Gasteiger partial charge is 0.465 e. The van der Waals surface area contributed by atoms with Crippen molar-refractivity contribution < 1.29 is 14.1 Å². The molecule has 0 unspecified atom stereocenters. The van der Waals surface area contributed by atoms with Crippen molar-refractivity contribution in [2.24, 2.45) is 0 Å². The molecule has 0 saturated heterocycles. The Morgan fingerprint density at radius 3 is 3.17 bits per heavy atom. The first-order valence-corrected chi connectivity index (χ1v) is 6.47. The molecule has 2 aromatic rings. The van der Waals surface area contributed by atoms with Crippen LogP contribution in [-0.4, -0.2) is 24.2 Å². The van der Waals surface area contributed by atoms with Crippen molar-refractivity contribution in [1.29, 1.82) is 0 Å². The van der Waals surface area contributed by atoms with E-state index in [-0.39, 0.29) is 12.5 Å². The number of ether oxygens (including phenoxy) is 1. The lowest BCUT2D eigenvalue weighted by Gasteiger charge is -2.04. The van der Waals surface area contributed by atoms with Crippen LogP contribution < -0.4 is 10.1 Å². The van der Waals surface area contributed by atoms with Crippen LogP contribution in [0.25, 0.3) is 0 Å². The second kappa shape index (κ2) is 6.20. The summed E-state index contributed by atoms with van der Waals surface area (Å²) in [4.78, 5) is 12.7. The first-order valence-electron chi connectivity index (χ1n) is 5.59. The molecule has 6 heteroatoms. The minimum atomic E-state index is -0.160. The molecule has 0 spiro atoms. The molecule has 18 heavy (non-hydrogen) atoms. The monoisotopic (exact) mass is 266 g/mol. The lowest BCUT2D eigenvalue weighted by atomic mass is 10.3. The number of hydrogen-bond donors (Lipinski definition) is 1. The first kappa shape index (κ1) is 12.6. The lowest BCUT2D eigenvalue weighted by Crippen LogP contribution is -2.30. The number of carbonyl (C=O) groups excluding carboxylic acids is 1. The van der Waals surface area contributed by atoms with Gasteiger partial charge in [-0.3, -0.25) is 4.79 Å². The van der Waals surface area contributed by atoms with Gasteiger partial charge in [0.2, 0.25) is 0 Å². The van der Waals surface area contributed by atoms with Gasteiger partial charge in [-0.1, -0.05) is 6.07 Å². The molecule has 1 amide bonds. The van der Waals surface area contributed by atoms with Crippen LogP contribution in [-0.2, 0) is 11.2 Å². The second-order valence-corrected chi connectivity index (χ2v) is 4.78. The third-order valence-electron chi connectivity index (χ3n) is 2.23. The quantitative estimate of drug-likeness (QED) is 0.865. The number of rotatable bonds is 6. The molecule has 0 aliphatic heterocycles. The minimum absolute atomic E-state index is 0.0452. The van der Waals surface area contributed by atoms with Gasteiger partial charge in [0.25, 0.3) is 11.8 Å². The molecule has 2 rings (SSSR count). The van der Waals surface area contributed by atoms with Crippen LogP contribution in [0.5, 0.6) is 5.88 Å².